The number of carbonyl (C=O) groups excluding carboxylic acids is 1. The fourth-order valence-electron chi connectivity index (χ4n) is 2.80. The number of amides is 1. The van der Waals surface area contributed by atoms with E-state index in [0.29, 0.717) is 6.42 Å². The molecule has 0 bridgehead atoms. The highest BCUT2D eigenvalue weighted by molar-refractivity contribution is 5.86. The molecule has 0 N–H and O–H groups in total. The summed E-state index contributed by atoms with van der Waals surface area (Å²) < 4.78 is 1.76. The second-order valence-electron chi connectivity index (χ2n) is 5.28. The summed E-state index contributed by atoms with van der Waals surface area (Å²) in [5, 5.41) is 5.22. The molecule has 1 aliphatic heterocycles. The second kappa shape index (κ2) is 5.67. The molecule has 7 nitrogen and oxygen atoms in total. The van der Waals surface area contributed by atoms with E-state index in [9.17, 15) is 4.79 Å². The van der Waals surface area contributed by atoms with Crippen LogP contribution in [-0.2, 0) is 11.8 Å². The van der Waals surface area contributed by atoms with E-state index in [1.807, 2.05) is 25.1 Å². The van der Waals surface area contributed by atoms with Crippen molar-refractivity contribution in [1.82, 2.24) is 24.6 Å². The summed E-state index contributed by atoms with van der Waals surface area (Å²) in [5.41, 5.74) is 0.839. The zero-order valence-electron chi connectivity index (χ0n) is 12.5. The van der Waals surface area contributed by atoms with Gasteiger partial charge in [-0.3, -0.25) is 9.48 Å². The Morgan fingerprint density at radius 3 is 2.90 bits per heavy atom. The van der Waals surface area contributed by atoms with Crippen molar-refractivity contribution in [2.24, 2.45) is 7.05 Å². The lowest BCUT2D eigenvalue weighted by Crippen LogP contribution is -2.35. The summed E-state index contributed by atoms with van der Waals surface area (Å²) in [6.45, 7) is 5.18. The van der Waals surface area contributed by atoms with Crippen LogP contribution in [0.25, 0.3) is 11.0 Å². The molecule has 1 amide bonds. The molecule has 1 aliphatic rings. The molecule has 0 atom stereocenters. The average molecular weight is 288 g/mol. The summed E-state index contributed by atoms with van der Waals surface area (Å²) in [6.07, 6.45) is 4.92. The predicted molar refractivity (Wildman–Crippen MR) is 80.0 cm³/mol. The predicted octanol–water partition coefficient (Wildman–Crippen LogP) is 0.812. The van der Waals surface area contributed by atoms with Gasteiger partial charge < -0.3 is 9.80 Å². The molecule has 3 heterocycles. The SMILES string of the molecule is CCC(=O)N1CCCN(c2ncnc3c2cnn3C)CC1. The van der Waals surface area contributed by atoms with Gasteiger partial charge in [0.25, 0.3) is 0 Å². The van der Waals surface area contributed by atoms with Gasteiger partial charge in [-0.2, -0.15) is 5.10 Å². The third-order valence-electron chi connectivity index (χ3n) is 3.96. The van der Waals surface area contributed by atoms with E-state index in [1.54, 1.807) is 11.0 Å². The first-order valence-corrected chi connectivity index (χ1v) is 7.36. The molecule has 0 spiro atoms. The lowest BCUT2D eigenvalue weighted by molar-refractivity contribution is -0.130. The molecule has 1 fully saturated rings. The van der Waals surface area contributed by atoms with Crippen molar-refractivity contribution in [2.45, 2.75) is 19.8 Å². The number of carbonyl (C=O) groups is 1. The number of hydrogen-bond donors (Lipinski definition) is 0. The second-order valence-corrected chi connectivity index (χ2v) is 5.28. The molecular weight excluding hydrogens is 268 g/mol. The van der Waals surface area contributed by atoms with Gasteiger partial charge in [-0.15, -0.1) is 0 Å². The van der Waals surface area contributed by atoms with E-state index < -0.39 is 0 Å². The lowest BCUT2D eigenvalue weighted by Gasteiger charge is -2.22. The van der Waals surface area contributed by atoms with Crippen LogP contribution >= 0.6 is 0 Å². The van der Waals surface area contributed by atoms with E-state index in [-0.39, 0.29) is 5.91 Å². The molecule has 1 saturated heterocycles. The number of rotatable bonds is 2. The summed E-state index contributed by atoms with van der Waals surface area (Å²) >= 11 is 0. The van der Waals surface area contributed by atoms with Gasteiger partial charge in [-0.1, -0.05) is 6.92 Å². The standard InChI is InChI=1S/C14H20N6O/c1-3-12(21)19-5-4-6-20(8-7-19)14-11-9-17-18(2)13(11)15-10-16-14/h9-10H,3-8H2,1-2H3. The lowest BCUT2D eigenvalue weighted by atomic mass is 10.3. The van der Waals surface area contributed by atoms with Crippen LogP contribution in [-0.4, -0.2) is 56.7 Å². The Hall–Kier alpha value is -2.18. The Morgan fingerprint density at radius 2 is 2.10 bits per heavy atom. The Labute approximate surface area is 123 Å². The van der Waals surface area contributed by atoms with Gasteiger partial charge in [-0.25, -0.2) is 9.97 Å². The van der Waals surface area contributed by atoms with Crippen LogP contribution in [0.2, 0.25) is 0 Å². The van der Waals surface area contributed by atoms with Crippen LogP contribution < -0.4 is 4.90 Å². The normalized spacial score (nSPS) is 16.3. The van der Waals surface area contributed by atoms with Gasteiger partial charge in [0.1, 0.15) is 12.1 Å². The number of anilines is 1. The van der Waals surface area contributed by atoms with Crippen LogP contribution in [0.5, 0.6) is 0 Å². The van der Waals surface area contributed by atoms with Gasteiger partial charge >= 0.3 is 0 Å². The molecule has 0 aromatic carbocycles. The smallest absolute Gasteiger partial charge is 0.222 e. The van der Waals surface area contributed by atoms with Crippen molar-refractivity contribution < 1.29 is 4.79 Å². The van der Waals surface area contributed by atoms with Crippen molar-refractivity contribution in [3.8, 4) is 0 Å². The Kier molecular flexibility index (Phi) is 3.72. The molecule has 0 aliphatic carbocycles. The fourth-order valence-corrected chi connectivity index (χ4v) is 2.80. The highest BCUT2D eigenvalue weighted by Gasteiger charge is 2.20. The van der Waals surface area contributed by atoms with Gasteiger partial charge in [0.2, 0.25) is 5.91 Å². The molecular formula is C14H20N6O. The van der Waals surface area contributed by atoms with E-state index in [4.69, 9.17) is 0 Å². The van der Waals surface area contributed by atoms with E-state index >= 15 is 0 Å². The van der Waals surface area contributed by atoms with Crippen molar-refractivity contribution in [3.63, 3.8) is 0 Å². The molecule has 2 aromatic rings. The maximum atomic E-state index is 11.8. The maximum Gasteiger partial charge on any atom is 0.222 e. The topological polar surface area (TPSA) is 67.2 Å². The summed E-state index contributed by atoms with van der Waals surface area (Å²) in [5.74, 6) is 1.14. The first-order valence-electron chi connectivity index (χ1n) is 7.36. The van der Waals surface area contributed by atoms with Crippen LogP contribution in [0.1, 0.15) is 19.8 Å². The van der Waals surface area contributed by atoms with Crippen molar-refractivity contribution >= 4 is 22.8 Å². The van der Waals surface area contributed by atoms with Gasteiger partial charge in [0, 0.05) is 39.6 Å². The Morgan fingerprint density at radius 1 is 1.24 bits per heavy atom. The number of fused-ring (bicyclic) bond motifs is 1. The monoisotopic (exact) mass is 288 g/mol. The molecule has 3 rings (SSSR count). The maximum absolute atomic E-state index is 11.8. The van der Waals surface area contributed by atoms with Crippen LogP contribution in [0.15, 0.2) is 12.5 Å². The molecule has 2 aromatic heterocycles. The number of aromatic nitrogens is 4. The van der Waals surface area contributed by atoms with E-state index in [2.05, 4.69) is 20.0 Å². The van der Waals surface area contributed by atoms with Crippen LogP contribution in [0.4, 0.5) is 5.82 Å². The van der Waals surface area contributed by atoms with Crippen molar-refractivity contribution in [2.75, 3.05) is 31.1 Å². The highest BCUT2D eigenvalue weighted by Crippen LogP contribution is 2.23. The van der Waals surface area contributed by atoms with Crippen LogP contribution in [0.3, 0.4) is 0 Å². The minimum absolute atomic E-state index is 0.228. The van der Waals surface area contributed by atoms with Crippen molar-refractivity contribution in [1.29, 1.82) is 0 Å². The first kappa shape index (κ1) is 13.8. The number of hydrogen-bond acceptors (Lipinski definition) is 5. The van der Waals surface area contributed by atoms with E-state index in [1.165, 1.54) is 0 Å². The molecule has 21 heavy (non-hydrogen) atoms. The number of aryl methyl sites for hydroxylation is 1. The molecule has 7 heteroatoms. The first-order chi connectivity index (χ1) is 10.2. The van der Waals surface area contributed by atoms with Crippen molar-refractivity contribution in [3.05, 3.63) is 12.5 Å². The highest BCUT2D eigenvalue weighted by atomic mass is 16.2. The largest absolute Gasteiger partial charge is 0.354 e. The molecule has 0 unspecified atom stereocenters. The Bertz CT molecular complexity index is 652. The molecule has 0 radical (unpaired) electrons. The summed E-state index contributed by atoms with van der Waals surface area (Å²) in [7, 11) is 1.88. The van der Waals surface area contributed by atoms with E-state index in [0.717, 1.165) is 49.5 Å². The average Bonchev–Trinajstić information content (AvgIpc) is 2.75. The van der Waals surface area contributed by atoms with Gasteiger partial charge in [0.05, 0.1) is 11.6 Å². The van der Waals surface area contributed by atoms with Gasteiger partial charge in [-0.05, 0) is 6.42 Å². The third kappa shape index (κ3) is 2.55. The molecule has 112 valence electrons. The zero-order chi connectivity index (χ0) is 14.8. The third-order valence-corrected chi connectivity index (χ3v) is 3.96. The van der Waals surface area contributed by atoms with Crippen LogP contribution in [0, 0.1) is 0 Å². The quantitative estimate of drug-likeness (QED) is 0.818. The zero-order valence-corrected chi connectivity index (χ0v) is 12.5. The minimum Gasteiger partial charge on any atom is -0.354 e. The Balaban J connectivity index is 1.85. The molecule has 0 saturated carbocycles. The fraction of sp³-hybridized carbons (Fsp3) is 0.571. The minimum atomic E-state index is 0.228. The summed E-state index contributed by atoms with van der Waals surface area (Å²) in [4.78, 5) is 24.7. The summed E-state index contributed by atoms with van der Waals surface area (Å²) in [6, 6.07) is 0. The van der Waals surface area contributed by atoms with Gasteiger partial charge in [0.15, 0.2) is 5.65 Å². The number of nitrogens with zero attached hydrogens (tertiary/aromatic N) is 6.